The van der Waals surface area contributed by atoms with Crippen molar-refractivity contribution in [2.45, 2.75) is 19.4 Å². The van der Waals surface area contributed by atoms with Crippen LogP contribution >= 0.6 is 0 Å². The van der Waals surface area contributed by atoms with E-state index in [1.165, 1.54) is 36.1 Å². The molecule has 2 aliphatic heterocycles. The summed E-state index contributed by atoms with van der Waals surface area (Å²) in [4.78, 5) is 49.1. The van der Waals surface area contributed by atoms with Crippen molar-refractivity contribution in [2.24, 2.45) is 5.92 Å². The smallest absolute Gasteiger partial charge is 0.312 e. The number of anilines is 2. The summed E-state index contributed by atoms with van der Waals surface area (Å²) in [6.07, 6.45) is -1.16. The molecule has 4 rings (SSSR count). The molecule has 2 aromatic rings. The van der Waals surface area contributed by atoms with Gasteiger partial charge < -0.3 is 24.4 Å². The summed E-state index contributed by atoms with van der Waals surface area (Å²) in [5.41, 5.74) is 0.804. The molecule has 2 amide bonds. The van der Waals surface area contributed by atoms with E-state index in [4.69, 9.17) is 14.2 Å². The fourth-order valence-electron chi connectivity index (χ4n) is 3.55. The topological polar surface area (TPSA) is 137 Å². The number of carbonyl (C=O) groups excluding carboxylic acids is 3. The maximum atomic E-state index is 12.6. The summed E-state index contributed by atoms with van der Waals surface area (Å²) in [5.74, 6) is -1.08. The van der Waals surface area contributed by atoms with Crippen LogP contribution in [0.4, 0.5) is 17.1 Å². The SMILES string of the molecule is C[C@@H](OC(=O)[C@H]1CC(=O)N(c2ccc3c(c2)OCCO3)C1)C(=O)Nc1ccc([N+](=O)[O-])cc1. The molecule has 11 nitrogen and oxygen atoms in total. The average molecular weight is 455 g/mol. The lowest BCUT2D eigenvalue weighted by Gasteiger charge is -2.22. The lowest BCUT2D eigenvalue weighted by Crippen LogP contribution is -2.33. The highest BCUT2D eigenvalue weighted by molar-refractivity contribution is 6.00. The van der Waals surface area contributed by atoms with E-state index in [9.17, 15) is 24.5 Å². The Morgan fingerprint density at radius 2 is 1.85 bits per heavy atom. The maximum absolute atomic E-state index is 12.6. The van der Waals surface area contributed by atoms with Gasteiger partial charge in [0, 0.05) is 42.5 Å². The molecule has 0 radical (unpaired) electrons. The first-order chi connectivity index (χ1) is 15.8. The van der Waals surface area contributed by atoms with Crippen LogP contribution in [0.5, 0.6) is 11.5 Å². The summed E-state index contributed by atoms with van der Waals surface area (Å²) >= 11 is 0. The number of rotatable bonds is 6. The van der Waals surface area contributed by atoms with E-state index in [0.717, 1.165) is 0 Å². The van der Waals surface area contributed by atoms with E-state index in [0.29, 0.717) is 36.1 Å². The number of nitrogens with zero attached hydrogens (tertiary/aromatic N) is 2. The molecule has 172 valence electrons. The third-order valence-corrected chi connectivity index (χ3v) is 5.30. The zero-order chi connectivity index (χ0) is 23.5. The van der Waals surface area contributed by atoms with Crippen molar-refractivity contribution in [3.8, 4) is 11.5 Å². The van der Waals surface area contributed by atoms with E-state index < -0.39 is 28.8 Å². The average Bonchev–Trinajstić information content (AvgIpc) is 3.20. The molecule has 2 aromatic carbocycles. The third-order valence-electron chi connectivity index (χ3n) is 5.30. The zero-order valence-corrected chi connectivity index (χ0v) is 17.7. The molecule has 2 aliphatic rings. The van der Waals surface area contributed by atoms with E-state index in [-0.39, 0.29) is 24.6 Å². The van der Waals surface area contributed by atoms with E-state index in [2.05, 4.69) is 5.32 Å². The van der Waals surface area contributed by atoms with Crippen LogP contribution in [0.2, 0.25) is 0 Å². The van der Waals surface area contributed by atoms with Gasteiger partial charge in [-0.15, -0.1) is 0 Å². The van der Waals surface area contributed by atoms with Crippen molar-refractivity contribution >= 4 is 34.8 Å². The van der Waals surface area contributed by atoms with Crippen LogP contribution in [-0.4, -0.2) is 48.6 Å². The zero-order valence-electron chi connectivity index (χ0n) is 17.7. The lowest BCUT2D eigenvalue weighted by atomic mass is 10.1. The Hall–Kier alpha value is -4.15. The van der Waals surface area contributed by atoms with Crippen molar-refractivity contribution in [1.82, 2.24) is 0 Å². The minimum atomic E-state index is -1.12. The first-order valence-electron chi connectivity index (χ1n) is 10.3. The minimum absolute atomic E-state index is 0.0377. The highest BCUT2D eigenvalue weighted by Gasteiger charge is 2.37. The Morgan fingerprint density at radius 3 is 2.55 bits per heavy atom. The minimum Gasteiger partial charge on any atom is -0.486 e. The fraction of sp³-hybridized carbons (Fsp3) is 0.318. The second kappa shape index (κ2) is 9.15. The largest absolute Gasteiger partial charge is 0.486 e. The van der Waals surface area contributed by atoms with Gasteiger partial charge in [-0.25, -0.2) is 0 Å². The Morgan fingerprint density at radius 1 is 1.15 bits per heavy atom. The lowest BCUT2D eigenvalue weighted by molar-refractivity contribution is -0.384. The Balaban J connectivity index is 1.34. The van der Waals surface area contributed by atoms with E-state index in [1.54, 1.807) is 18.2 Å². The molecule has 1 N–H and O–H groups in total. The number of hydrogen-bond acceptors (Lipinski definition) is 8. The molecular weight excluding hydrogens is 434 g/mol. The fourth-order valence-corrected chi connectivity index (χ4v) is 3.55. The van der Waals surface area contributed by atoms with Gasteiger partial charge in [-0.1, -0.05) is 0 Å². The Kier molecular flexibility index (Phi) is 6.11. The number of benzene rings is 2. The first kappa shape index (κ1) is 22.1. The van der Waals surface area contributed by atoms with Crippen LogP contribution in [0.15, 0.2) is 42.5 Å². The summed E-state index contributed by atoms with van der Waals surface area (Å²) in [6.45, 7) is 2.40. The second-order valence-electron chi connectivity index (χ2n) is 7.61. The van der Waals surface area contributed by atoms with E-state index in [1.807, 2.05) is 0 Å². The second-order valence-corrected chi connectivity index (χ2v) is 7.61. The Labute approximate surface area is 188 Å². The van der Waals surface area contributed by atoms with Crippen molar-refractivity contribution in [3.63, 3.8) is 0 Å². The van der Waals surface area contributed by atoms with Gasteiger partial charge in [0.2, 0.25) is 5.91 Å². The molecule has 0 saturated carbocycles. The van der Waals surface area contributed by atoms with Crippen molar-refractivity contribution in [2.75, 3.05) is 30.0 Å². The number of carbonyl (C=O) groups is 3. The number of fused-ring (bicyclic) bond motifs is 1. The molecule has 33 heavy (non-hydrogen) atoms. The molecule has 2 heterocycles. The van der Waals surface area contributed by atoms with Gasteiger partial charge in [0.15, 0.2) is 17.6 Å². The molecule has 2 atom stereocenters. The number of nitrogens with one attached hydrogen (secondary N) is 1. The van der Waals surface area contributed by atoms with Crippen molar-refractivity contribution in [1.29, 1.82) is 0 Å². The highest BCUT2D eigenvalue weighted by Crippen LogP contribution is 2.36. The van der Waals surface area contributed by atoms with Gasteiger partial charge in [-0.3, -0.25) is 24.5 Å². The number of nitro benzene ring substituents is 1. The monoisotopic (exact) mass is 455 g/mol. The predicted octanol–water partition coefficient (Wildman–Crippen LogP) is 2.29. The summed E-state index contributed by atoms with van der Waals surface area (Å²) in [5, 5.41) is 13.2. The van der Waals surface area contributed by atoms with Crippen LogP contribution < -0.4 is 19.7 Å². The third kappa shape index (κ3) is 4.86. The van der Waals surface area contributed by atoms with Gasteiger partial charge >= 0.3 is 5.97 Å². The normalized spacial score (nSPS) is 17.9. The summed E-state index contributed by atoms with van der Waals surface area (Å²) in [7, 11) is 0. The highest BCUT2D eigenvalue weighted by atomic mass is 16.6. The molecule has 1 fully saturated rings. The number of amides is 2. The van der Waals surface area contributed by atoms with Gasteiger partial charge in [0.05, 0.1) is 10.8 Å². The van der Waals surface area contributed by atoms with Crippen molar-refractivity contribution in [3.05, 3.63) is 52.6 Å². The van der Waals surface area contributed by atoms with Crippen molar-refractivity contribution < 1.29 is 33.5 Å². The predicted molar refractivity (Wildman–Crippen MR) is 115 cm³/mol. The van der Waals surface area contributed by atoms with Crippen LogP contribution in [0.25, 0.3) is 0 Å². The van der Waals surface area contributed by atoms with Gasteiger partial charge in [-0.05, 0) is 31.2 Å². The quantitative estimate of drug-likeness (QED) is 0.398. The van der Waals surface area contributed by atoms with Gasteiger partial charge in [-0.2, -0.15) is 0 Å². The molecular formula is C22H21N3O8. The molecule has 0 bridgehead atoms. The van der Waals surface area contributed by atoms with Crippen LogP contribution in [0, 0.1) is 16.0 Å². The Bertz CT molecular complexity index is 1100. The standard InChI is InChI=1S/C22H21N3O8/c1-13(21(27)23-15-2-4-16(5-3-15)25(29)30)33-22(28)14-10-20(26)24(12-14)17-6-7-18-19(11-17)32-9-8-31-18/h2-7,11,13-14H,8-10,12H2,1H3,(H,23,27)/t13-,14+/m1/s1. The van der Waals surface area contributed by atoms with Crippen LogP contribution in [0.1, 0.15) is 13.3 Å². The first-order valence-corrected chi connectivity index (χ1v) is 10.3. The molecule has 0 spiro atoms. The summed E-state index contributed by atoms with van der Waals surface area (Å²) < 4.78 is 16.3. The van der Waals surface area contributed by atoms with Gasteiger partial charge in [0.25, 0.3) is 11.6 Å². The number of ether oxygens (including phenoxy) is 3. The number of nitro groups is 1. The maximum Gasteiger partial charge on any atom is 0.312 e. The molecule has 0 aliphatic carbocycles. The molecule has 11 heteroatoms. The molecule has 0 aromatic heterocycles. The van der Waals surface area contributed by atoms with Crippen LogP contribution in [-0.2, 0) is 19.1 Å². The van der Waals surface area contributed by atoms with E-state index >= 15 is 0 Å². The molecule has 1 saturated heterocycles. The molecule has 0 unspecified atom stereocenters. The van der Waals surface area contributed by atoms with Gasteiger partial charge in [0.1, 0.15) is 13.2 Å². The number of hydrogen-bond donors (Lipinski definition) is 1. The summed E-state index contributed by atoms with van der Waals surface area (Å²) in [6, 6.07) is 10.4. The van der Waals surface area contributed by atoms with Crippen LogP contribution in [0.3, 0.4) is 0 Å². The number of esters is 1. The number of non-ortho nitro benzene ring substituents is 1.